The average Bonchev–Trinajstić information content (AvgIpc) is 2.76. The van der Waals surface area contributed by atoms with E-state index in [-0.39, 0.29) is 22.8 Å². The van der Waals surface area contributed by atoms with Crippen LogP contribution in [0.15, 0.2) is 77.7 Å². The van der Waals surface area contributed by atoms with Gasteiger partial charge in [0.1, 0.15) is 11.6 Å². The van der Waals surface area contributed by atoms with Gasteiger partial charge in [-0.15, -0.1) is 0 Å². The minimum absolute atomic E-state index is 0.0143. The zero-order valence-corrected chi connectivity index (χ0v) is 17.8. The molecule has 0 saturated heterocycles. The number of amides is 2. The molecule has 0 unspecified atom stereocenters. The van der Waals surface area contributed by atoms with E-state index in [2.05, 4.69) is 15.6 Å². The van der Waals surface area contributed by atoms with Gasteiger partial charge in [-0.05, 0) is 61.0 Å². The summed E-state index contributed by atoms with van der Waals surface area (Å²) in [6, 6.07) is 17.2. The fourth-order valence-corrected chi connectivity index (χ4v) is 3.75. The Kier molecular flexibility index (Phi) is 7.06. The largest absolute Gasteiger partial charge is 0.484 e. The zero-order valence-electron chi connectivity index (χ0n) is 17.0. The van der Waals surface area contributed by atoms with Gasteiger partial charge in [-0.25, -0.2) is 12.8 Å². The van der Waals surface area contributed by atoms with E-state index in [0.717, 1.165) is 29.8 Å². The molecule has 3 N–H and O–H groups in total. The lowest BCUT2D eigenvalue weighted by molar-refractivity contribution is -0.123. The number of sulfonamides is 1. The first-order valence-corrected chi connectivity index (χ1v) is 10.9. The van der Waals surface area contributed by atoms with Crippen molar-refractivity contribution in [2.75, 3.05) is 11.3 Å². The number of nitrogens with one attached hydrogen (secondary N) is 3. The van der Waals surface area contributed by atoms with Crippen LogP contribution in [0.25, 0.3) is 0 Å². The molecule has 0 aliphatic heterocycles. The Bertz CT molecular complexity index is 1230. The highest BCUT2D eigenvalue weighted by atomic mass is 32.2. The van der Waals surface area contributed by atoms with Crippen molar-refractivity contribution >= 4 is 27.5 Å². The third-order valence-electron chi connectivity index (χ3n) is 4.21. The molecule has 0 saturated carbocycles. The highest BCUT2D eigenvalue weighted by Gasteiger charge is 2.19. The molecule has 3 rings (SSSR count). The minimum atomic E-state index is -4.06. The molecule has 3 aromatic rings. The molecular formula is C22H20FN3O5S. The van der Waals surface area contributed by atoms with Gasteiger partial charge in [0.25, 0.3) is 21.8 Å². The molecule has 8 nitrogen and oxygen atoms in total. The van der Waals surface area contributed by atoms with E-state index in [4.69, 9.17) is 4.74 Å². The Morgan fingerprint density at radius 1 is 0.938 bits per heavy atom. The average molecular weight is 457 g/mol. The molecule has 2 amide bonds. The molecular weight excluding hydrogens is 437 g/mol. The lowest BCUT2D eigenvalue weighted by Gasteiger charge is -2.13. The predicted molar refractivity (Wildman–Crippen MR) is 116 cm³/mol. The van der Waals surface area contributed by atoms with Gasteiger partial charge in [0, 0.05) is 0 Å². The minimum Gasteiger partial charge on any atom is -0.484 e. The predicted octanol–water partition coefficient (Wildman–Crippen LogP) is 2.77. The highest BCUT2D eigenvalue weighted by molar-refractivity contribution is 7.92. The Labute approximate surface area is 184 Å². The van der Waals surface area contributed by atoms with Crippen LogP contribution in [0.3, 0.4) is 0 Å². The summed E-state index contributed by atoms with van der Waals surface area (Å²) in [4.78, 5) is 24.3. The van der Waals surface area contributed by atoms with E-state index in [9.17, 15) is 22.4 Å². The quantitative estimate of drug-likeness (QED) is 0.472. The monoisotopic (exact) mass is 457 g/mol. The van der Waals surface area contributed by atoms with Crippen LogP contribution in [0.4, 0.5) is 10.1 Å². The maximum atomic E-state index is 13.1. The van der Waals surface area contributed by atoms with Crippen LogP contribution in [0.2, 0.25) is 0 Å². The van der Waals surface area contributed by atoms with Gasteiger partial charge in [-0.3, -0.25) is 25.2 Å². The molecule has 0 bridgehead atoms. The normalized spacial score (nSPS) is 10.8. The van der Waals surface area contributed by atoms with Crippen molar-refractivity contribution in [2.45, 2.75) is 11.8 Å². The number of hydrogen-bond donors (Lipinski definition) is 3. The van der Waals surface area contributed by atoms with Crippen LogP contribution in [0.5, 0.6) is 5.75 Å². The molecule has 166 valence electrons. The summed E-state index contributed by atoms with van der Waals surface area (Å²) in [5.41, 5.74) is 5.35. The number of hydrazine groups is 1. The number of carbonyl (C=O) groups is 2. The van der Waals surface area contributed by atoms with Crippen molar-refractivity contribution in [1.29, 1.82) is 0 Å². The lowest BCUT2D eigenvalue weighted by atomic mass is 10.2. The van der Waals surface area contributed by atoms with E-state index in [1.54, 1.807) is 18.2 Å². The number of hydrogen-bond acceptors (Lipinski definition) is 5. The second kappa shape index (κ2) is 9.92. The van der Waals surface area contributed by atoms with Crippen molar-refractivity contribution < 1.29 is 27.1 Å². The van der Waals surface area contributed by atoms with E-state index in [0.29, 0.717) is 5.75 Å². The molecule has 0 fully saturated rings. The summed E-state index contributed by atoms with van der Waals surface area (Å²) in [6.45, 7) is 1.55. The van der Waals surface area contributed by atoms with Crippen LogP contribution in [0.1, 0.15) is 15.9 Å². The second-order valence-electron chi connectivity index (χ2n) is 6.71. The van der Waals surface area contributed by atoms with Crippen molar-refractivity contribution in [2.24, 2.45) is 0 Å². The van der Waals surface area contributed by atoms with E-state index < -0.39 is 27.7 Å². The first kappa shape index (κ1) is 22.8. The molecule has 0 atom stereocenters. The summed E-state index contributed by atoms with van der Waals surface area (Å²) in [7, 11) is -4.06. The number of rotatable bonds is 7. The lowest BCUT2D eigenvalue weighted by Crippen LogP contribution is -2.44. The molecule has 0 aliphatic carbocycles. The number of anilines is 1. The van der Waals surface area contributed by atoms with Gasteiger partial charge in [-0.2, -0.15) is 0 Å². The molecule has 10 heteroatoms. The van der Waals surface area contributed by atoms with Crippen molar-refractivity contribution in [3.05, 3.63) is 89.7 Å². The third-order valence-corrected chi connectivity index (χ3v) is 5.60. The maximum absolute atomic E-state index is 13.1. The highest BCUT2D eigenvalue weighted by Crippen LogP contribution is 2.20. The summed E-state index contributed by atoms with van der Waals surface area (Å²) >= 11 is 0. The first-order valence-electron chi connectivity index (χ1n) is 9.41. The van der Waals surface area contributed by atoms with Gasteiger partial charge in [0.2, 0.25) is 0 Å². The van der Waals surface area contributed by atoms with Gasteiger partial charge in [0.15, 0.2) is 6.61 Å². The molecule has 0 aliphatic rings. The molecule has 3 aromatic carbocycles. The van der Waals surface area contributed by atoms with Gasteiger partial charge in [0.05, 0.1) is 16.1 Å². The topological polar surface area (TPSA) is 114 Å². The molecule has 0 heterocycles. The Balaban J connectivity index is 1.62. The van der Waals surface area contributed by atoms with Crippen molar-refractivity contribution in [3.63, 3.8) is 0 Å². The number of ether oxygens (including phenoxy) is 1. The van der Waals surface area contributed by atoms with Crippen LogP contribution in [-0.2, 0) is 14.8 Å². The van der Waals surface area contributed by atoms with E-state index in [1.165, 1.54) is 24.3 Å². The van der Waals surface area contributed by atoms with Gasteiger partial charge >= 0.3 is 0 Å². The fourth-order valence-electron chi connectivity index (χ4n) is 2.67. The zero-order chi connectivity index (χ0) is 23.1. The van der Waals surface area contributed by atoms with Crippen LogP contribution in [-0.4, -0.2) is 26.8 Å². The summed E-state index contributed by atoms with van der Waals surface area (Å²) in [5, 5.41) is 0. The molecule has 0 aromatic heterocycles. The smallest absolute Gasteiger partial charge is 0.276 e. The summed E-state index contributed by atoms with van der Waals surface area (Å²) < 4.78 is 45.8. The standard InChI is InChI=1S/C22H20FN3O5S/c1-15-5-4-6-17(13-15)31-14-21(27)24-25-22(28)19-7-2-3-8-20(19)26-32(29,30)18-11-9-16(23)10-12-18/h2-13,26H,14H2,1H3,(H,24,27)(H,25,28). The number of halogens is 1. The second-order valence-corrected chi connectivity index (χ2v) is 8.39. The number of para-hydroxylation sites is 1. The van der Waals surface area contributed by atoms with E-state index >= 15 is 0 Å². The van der Waals surface area contributed by atoms with Gasteiger partial charge < -0.3 is 4.74 Å². The number of aryl methyl sites for hydroxylation is 1. The Morgan fingerprint density at radius 2 is 1.66 bits per heavy atom. The number of carbonyl (C=O) groups excluding carboxylic acids is 2. The van der Waals surface area contributed by atoms with Gasteiger partial charge in [-0.1, -0.05) is 24.3 Å². The molecule has 32 heavy (non-hydrogen) atoms. The third kappa shape index (κ3) is 6.05. The fraction of sp³-hybridized carbons (Fsp3) is 0.0909. The SMILES string of the molecule is Cc1cccc(OCC(=O)NNC(=O)c2ccccc2NS(=O)(=O)c2ccc(F)cc2)c1. The maximum Gasteiger partial charge on any atom is 0.276 e. The summed E-state index contributed by atoms with van der Waals surface area (Å²) in [6.07, 6.45) is 0. The van der Waals surface area contributed by atoms with Crippen LogP contribution < -0.4 is 20.3 Å². The Morgan fingerprint density at radius 3 is 2.38 bits per heavy atom. The van der Waals surface area contributed by atoms with Crippen LogP contribution >= 0.6 is 0 Å². The van der Waals surface area contributed by atoms with Crippen molar-refractivity contribution in [3.8, 4) is 5.75 Å². The molecule has 0 spiro atoms. The summed E-state index contributed by atoms with van der Waals surface area (Å²) in [5.74, 6) is -1.42. The first-order chi connectivity index (χ1) is 15.2. The number of benzene rings is 3. The van der Waals surface area contributed by atoms with Crippen molar-refractivity contribution in [1.82, 2.24) is 10.9 Å². The Hall–Kier alpha value is -3.92. The molecule has 0 radical (unpaired) electrons. The van der Waals surface area contributed by atoms with E-state index in [1.807, 2.05) is 13.0 Å². The van der Waals surface area contributed by atoms with Crippen LogP contribution in [0, 0.1) is 12.7 Å².